The monoisotopic (exact) mass is 418 g/mol. The van der Waals surface area contributed by atoms with Crippen molar-refractivity contribution in [1.29, 1.82) is 0 Å². The van der Waals surface area contributed by atoms with Gasteiger partial charge in [0.15, 0.2) is 5.96 Å². The molecule has 1 aliphatic heterocycles. The van der Waals surface area contributed by atoms with Gasteiger partial charge in [0.2, 0.25) is 0 Å². The number of benzene rings is 1. The number of rotatable bonds is 7. The molecule has 1 fully saturated rings. The smallest absolute Gasteiger partial charge is 0.191 e. The Balaban J connectivity index is 1.48. The topological polar surface area (TPSA) is 56.7 Å². The van der Waals surface area contributed by atoms with Crippen molar-refractivity contribution in [2.45, 2.75) is 23.8 Å². The first kappa shape index (κ1) is 21.0. The normalized spacial score (nSPS) is 22.0. The second-order valence-corrected chi connectivity index (χ2v) is 9.64. The number of piperidine rings is 1. The average molecular weight is 419 g/mol. The van der Waals surface area contributed by atoms with E-state index in [2.05, 4.69) is 45.1 Å². The van der Waals surface area contributed by atoms with Crippen LogP contribution in [0.15, 0.2) is 57.7 Å². The van der Waals surface area contributed by atoms with E-state index in [1.807, 2.05) is 41.7 Å². The molecule has 1 aliphatic rings. The van der Waals surface area contributed by atoms with Crippen LogP contribution in [0.4, 0.5) is 0 Å². The Morgan fingerprint density at radius 2 is 2.07 bits per heavy atom. The van der Waals surface area contributed by atoms with Crippen molar-refractivity contribution in [2.24, 2.45) is 10.9 Å². The van der Waals surface area contributed by atoms with Crippen molar-refractivity contribution in [3.63, 3.8) is 0 Å². The van der Waals surface area contributed by atoms with E-state index in [4.69, 9.17) is 0 Å². The van der Waals surface area contributed by atoms with Crippen LogP contribution in [0.3, 0.4) is 0 Å². The van der Waals surface area contributed by atoms with Crippen LogP contribution in [0.25, 0.3) is 0 Å². The van der Waals surface area contributed by atoms with Crippen molar-refractivity contribution < 1.29 is 4.21 Å². The molecule has 0 amide bonds. The Bertz CT molecular complexity index is 764. The summed E-state index contributed by atoms with van der Waals surface area (Å²) in [5.41, 5.74) is 0. The SMILES string of the molecule is CN=C(NCCS(=O)c1ccccc1)NCC1CCCN(C)C1c1cccs1. The van der Waals surface area contributed by atoms with Crippen LogP contribution in [0, 0.1) is 5.92 Å². The maximum Gasteiger partial charge on any atom is 0.191 e. The van der Waals surface area contributed by atoms with Gasteiger partial charge in [-0.2, -0.15) is 0 Å². The fourth-order valence-corrected chi connectivity index (χ4v) is 5.75. The van der Waals surface area contributed by atoms with Crippen LogP contribution < -0.4 is 10.6 Å². The average Bonchev–Trinajstić information content (AvgIpc) is 3.25. The molecule has 3 rings (SSSR count). The predicted molar refractivity (Wildman–Crippen MR) is 119 cm³/mol. The molecule has 2 aromatic rings. The highest BCUT2D eigenvalue weighted by Crippen LogP contribution is 2.36. The van der Waals surface area contributed by atoms with E-state index in [0.717, 1.165) is 23.9 Å². The van der Waals surface area contributed by atoms with Crippen molar-refractivity contribution in [3.8, 4) is 0 Å². The predicted octanol–water partition coefficient (Wildman–Crippen LogP) is 3.10. The summed E-state index contributed by atoms with van der Waals surface area (Å²) in [4.78, 5) is 9.12. The minimum Gasteiger partial charge on any atom is -0.356 e. The number of nitrogens with zero attached hydrogens (tertiary/aromatic N) is 2. The summed E-state index contributed by atoms with van der Waals surface area (Å²) in [6.45, 7) is 2.66. The number of thiophene rings is 1. The Hall–Kier alpha value is -1.70. The molecule has 2 N–H and O–H groups in total. The lowest BCUT2D eigenvalue weighted by Gasteiger charge is -2.39. The van der Waals surface area contributed by atoms with Crippen LogP contribution in [0.1, 0.15) is 23.8 Å². The third-order valence-corrected chi connectivity index (χ3v) is 7.50. The molecule has 1 saturated heterocycles. The van der Waals surface area contributed by atoms with Gasteiger partial charge in [0.1, 0.15) is 0 Å². The van der Waals surface area contributed by atoms with E-state index in [1.165, 1.54) is 17.7 Å². The Morgan fingerprint density at radius 1 is 1.25 bits per heavy atom. The first-order chi connectivity index (χ1) is 13.7. The van der Waals surface area contributed by atoms with Gasteiger partial charge in [-0.15, -0.1) is 11.3 Å². The molecule has 0 bridgehead atoms. The zero-order valence-corrected chi connectivity index (χ0v) is 18.3. The summed E-state index contributed by atoms with van der Waals surface area (Å²) in [6.07, 6.45) is 2.45. The van der Waals surface area contributed by atoms with Gasteiger partial charge in [-0.25, -0.2) is 0 Å². The molecular formula is C21H30N4OS2. The van der Waals surface area contributed by atoms with Crippen LogP contribution in [0.5, 0.6) is 0 Å². The van der Waals surface area contributed by atoms with Crippen LogP contribution in [0.2, 0.25) is 0 Å². The molecule has 152 valence electrons. The van der Waals surface area contributed by atoms with E-state index in [9.17, 15) is 4.21 Å². The number of hydrogen-bond acceptors (Lipinski definition) is 4. The minimum absolute atomic E-state index is 0.463. The maximum atomic E-state index is 12.3. The van der Waals surface area contributed by atoms with E-state index in [1.54, 1.807) is 7.05 Å². The Morgan fingerprint density at radius 3 is 2.79 bits per heavy atom. The summed E-state index contributed by atoms with van der Waals surface area (Å²) in [7, 11) is 3.02. The molecular weight excluding hydrogens is 388 g/mol. The van der Waals surface area contributed by atoms with Gasteiger partial charge in [0.25, 0.3) is 0 Å². The lowest BCUT2D eigenvalue weighted by Crippen LogP contribution is -2.45. The molecule has 5 nitrogen and oxygen atoms in total. The summed E-state index contributed by atoms with van der Waals surface area (Å²) in [5, 5.41) is 8.95. The molecule has 0 aliphatic carbocycles. The summed E-state index contributed by atoms with van der Waals surface area (Å²) >= 11 is 1.84. The summed E-state index contributed by atoms with van der Waals surface area (Å²) in [5.74, 6) is 1.90. The summed E-state index contributed by atoms with van der Waals surface area (Å²) < 4.78 is 12.3. The number of nitrogens with one attached hydrogen (secondary N) is 2. The number of aliphatic imine (C=N–C) groups is 1. The maximum absolute atomic E-state index is 12.3. The van der Waals surface area contributed by atoms with Gasteiger partial charge in [-0.1, -0.05) is 24.3 Å². The highest BCUT2D eigenvalue weighted by molar-refractivity contribution is 7.85. The number of hydrogen-bond donors (Lipinski definition) is 2. The molecule has 0 saturated carbocycles. The molecule has 2 heterocycles. The second kappa shape index (κ2) is 10.7. The fraction of sp³-hybridized carbons (Fsp3) is 0.476. The van der Waals surface area contributed by atoms with E-state index >= 15 is 0 Å². The molecule has 1 aromatic heterocycles. The van der Waals surface area contributed by atoms with E-state index in [-0.39, 0.29) is 0 Å². The first-order valence-electron chi connectivity index (χ1n) is 9.80. The lowest BCUT2D eigenvalue weighted by atomic mass is 9.88. The van der Waals surface area contributed by atoms with E-state index in [0.29, 0.717) is 24.3 Å². The van der Waals surface area contributed by atoms with Crippen molar-refractivity contribution in [2.75, 3.05) is 39.5 Å². The third kappa shape index (κ3) is 5.65. The minimum atomic E-state index is -0.991. The van der Waals surface area contributed by atoms with Crippen LogP contribution >= 0.6 is 11.3 Å². The van der Waals surface area contributed by atoms with Crippen molar-refractivity contribution in [3.05, 3.63) is 52.7 Å². The molecule has 3 unspecified atom stereocenters. The highest BCUT2D eigenvalue weighted by Gasteiger charge is 2.31. The first-order valence-corrected chi connectivity index (χ1v) is 12.0. The van der Waals surface area contributed by atoms with Crippen LogP contribution in [-0.4, -0.2) is 54.6 Å². The Kier molecular flexibility index (Phi) is 8.06. The molecule has 3 atom stereocenters. The third-order valence-electron chi connectivity index (χ3n) is 5.18. The van der Waals surface area contributed by atoms with Gasteiger partial charge in [-0.3, -0.25) is 14.1 Å². The van der Waals surface area contributed by atoms with Gasteiger partial charge in [0, 0.05) is 41.7 Å². The van der Waals surface area contributed by atoms with E-state index < -0.39 is 10.8 Å². The fourth-order valence-electron chi connectivity index (χ4n) is 3.78. The highest BCUT2D eigenvalue weighted by atomic mass is 32.2. The lowest BCUT2D eigenvalue weighted by molar-refractivity contribution is 0.125. The van der Waals surface area contributed by atoms with Gasteiger partial charge >= 0.3 is 0 Å². The van der Waals surface area contributed by atoms with Gasteiger partial charge in [-0.05, 0) is 55.9 Å². The standard InChI is InChI=1S/C21H30N4OS2/c1-22-21(23-12-15-28(26)18-9-4-3-5-10-18)24-16-17-8-6-13-25(2)20(17)19-11-7-14-27-19/h3-5,7,9-11,14,17,20H,6,8,12-13,15-16H2,1-2H3,(H2,22,23,24). The number of guanidine groups is 1. The largest absolute Gasteiger partial charge is 0.356 e. The molecule has 0 spiro atoms. The molecule has 7 heteroatoms. The Labute approximate surface area is 174 Å². The molecule has 1 aromatic carbocycles. The molecule has 28 heavy (non-hydrogen) atoms. The van der Waals surface area contributed by atoms with Gasteiger partial charge in [0.05, 0.1) is 10.8 Å². The number of likely N-dealkylation sites (tertiary alicyclic amines) is 1. The quantitative estimate of drug-likeness (QED) is 0.536. The van der Waals surface area contributed by atoms with Crippen molar-refractivity contribution >= 4 is 28.1 Å². The zero-order valence-electron chi connectivity index (χ0n) is 16.6. The van der Waals surface area contributed by atoms with Gasteiger partial charge < -0.3 is 10.6 Å². The van der Waals surface area contributed by atoms with Crippen LogP contribution in [-0.2, 0) is 10.8 Å². The molecule has 0 radical (unpaired) electrons. The zero-order chi connectivity index (χ0) is 19.8. The summed E-state index contributed by atoms with van der Waals surface area (Å²) in [6, 6.07) is 14.5. The second-order valence-electron chi connectivity index (χ2n) is 7.09. The van der Waals surface area contributed by atoms with Crippen molar-refractivity contribution in [1.82, 2.24) is 15.5 Å².